The minimum absolute atomic E-state index is 0.0681. The maximum absolute atomic E-state index is 13.7. The van der Waals surface area contributed by atoms with Crippen LogP contribution in [0, 0.1) is 36.5 Å². The third-order valence-electron chi connectivity index (χ3n) is 11.1. The molecule has 16 heteroatoms. The minimum Gasteiger partial charge on any atom is -0.493 e. The molecular weight excluding hydrogens is 837 g/mol. The van der Waals surface area contributed by atoms with E-state index in [-0.39, 0.29) is 56.8 Å². The Morgan fingerprint density at radius 3 is 1.20 bits per heavy atom. The molecule has 2 N–H and O–H groups in total. The molecule has 3 aromatic carbocycles. The Kier molecular flexibility index (Phi) is 17.4. The van der Waals surface area contributed by atoms with Crippen molar-refractivity contribution < 1.29 is 19.8 Å². The Bertz CT molecular complexity index is 2620. The molecule has 0 spiro atoms. The molecule has 0 aliphatic rings. The molecule has 5 aromatic rings. The number of hydrogen-bond donors (Lipinski definition) is 2. The molecule has 2 aromatic heterocycles. The van der Waals surface area contributed by atoms with Crippen LogP contribution in [0.2, 0.25) is 0 Å². The van der Waals surface area contributed by atoms with Gasteiger partial charge in [-0.2, -0.15) is 20.8 Å². The molecule has 0 fully saturated rings. The molecule has 0 bridgehead atoms. The van der Waals surface area contributed by atoms with Crippen molar-refractivity contribution in [2.24, 2.45) is 20.5 Å². The van der Waals surface area contributed by atoms with Gasteiger partial charge < -0.3 is 20.0 Å². The molecule has 2 amide bonds. The average molecular weight is 893 g/mol. The third-order valence-corrected chi connectivity index (χ3v) is 11.1. The largest absolute Gasteiger partial charge is 0.493 e. The Hall–Kier alpha value is -7.72. The zero-order chi connectivity index (χ0) is 47.9. The van der Waals surface area contributed by atoms with Crippen LogP contribution in [-0.4, -0.2) is 67.1 Å². The van der Waals surface area contributed by atoms with E-state index >= 15 is 0 Å². The highest BCUT2D eigenvalue weighted by Crippen LogP contribution is 2.36. The number of carbonyl (C=O) groups is 2. The van der Waals surface area contributed by atoms with Crippen molar-refractivity contribution in [2.45, 2.75) is 92.9 Å². The fourth-order valence-electron chi connectivity index (χ4n) is 7.26. The molecule has 0 atom stereocenters. The van der Waals surface area contributed by atoms with Crippen LogP contribution in [0.1, 0.15) is 122 Å². The lowest BCUT2D eigenvalue weighted by atomic mass is 10.1. The standard InChI is InChI=1S/C50H56N10O6/c1-7-11-25-57(26-12-8-2)45(61)35-17-15-19-37(29-35)53-55-43-33(5)41(31-51)47(63)59(49(43)65)39-21-23-40(24-22-39)60-48(64)42(32-52)34(6)44(50(60)66)56-54-38-20-16-18-36(30-38)46(62)58(27-13-9-3)28-14-10-4/h15-24,29-30,65-66H,7-14,25-28H2,1-6H3. The summed E-state index contributed by atoms with van der Waals surface area (Å²) in [5, 5.41) is 60.3. The fourth-order valence-corrected chi connectivity index (χ4v) is 7.26. The molecule has 0 saturated heterocycles. The van der Waals surface area contributed by atoms with E-state index in [1.54, 1.807) is 48.5 Å². The monoisotopic (exact) mass is 892 g/mol. The summed E-state index contributed by atoms with van der Waals surface area (Å²) < 4.78 is 1.74. The number of azo groups is 2. The molecule has 66 heavy (non-hydrogen) atoms. The summed E-state index contributed by atoms with van der Waals surface area (Å²) in [6.07, 6.45) is 7.25. The molecule has 2 heterocycles. The second-order valence-electron chi connectivity index (χ2n) is 15.9. The van der Waals surface area contributed by atoms with Gasteiger partial charge in [0.15, 0.2) is 11.4 Å². The van der Waals surface area contributed by atoms with Gasteiger partial charge in [0.1, 0.15) is 23.3 Å². The zero-order valence-corrected chi connectivity index (χ0v) is 38.4. The molecule has 0 unspecified atom stereocenters. The van der Waals surface area contributed by atoms with Crippen LogP contribution in [0.15, 0.2) is 103 Å². The number of aromatic nitrogens is 2. The van der Waals surface area contributed by atoms with E-state index in [2.05, 4.69) is 48.2 Å². The van der Waals surface area contributed by atoms with Crippen LogP contribution in [0.3, 0.4) is 0 Å². The summed E-state index contributed by atoms with van der Waals surface area (Å²) in [7, 11) is 0. The van der Waals surface area contributed by atoms with E-state index in [4.69, 9.17) is 0 Å². The van der Waals surface area contributed by atoms with Gasteiger partial charge in [-0.05, 0) is 100 Å². The number of nitrogens with zero attached hydrogens (tertiary/aromatic N) is 10. The topological polar surface area (TPSA) is 222 Å². The van der Waals surface area contributed by atoms with Gasteiger partial charge in [0, 0.05) is 48.4 Å². The number of amides is 2. The van der Waals surface area contributed by atoms with Crippen molar-refractivity contribution in [3.8, 4) is 35.3 Å². The van der Waals surface area contributed by atoms with Crippen LogP contribution in [0.5, 0.6) is 11.8 Å². The minimum atomic E-state index is -0.851. The normalized spacial score (nSPS) is 11.2. The summed E-state index contributed by atoms with van der Waals surface area (Å²) in [5.74, 6) is -1.53. The first-order valence-electron chi connectivity index (χ1n) is 22.4. The number of benzene rings is 3. The molecule has 0 aliphatic heterocycles. The number of aromatic hydroxyl groups is 2. The first-order chi connectivity index (χ1) is 31.8. The van der Waals surface area contributed by atoms with Crippen molar-refractivity contribution >= 4 is 34.6 Å². The fraction of sp³-hybridized carbons (Fsp3) is 0.360. The summed E-state index contributed by atoms with van der Waals surface area (Å²) in [6.45, 7) is 13.7. The van der Waals surface area contributed by atoms with Crippen molar-refractivity contribution in [3.63, 3.8) is 0 Å². The third kappa shape index (κ3) is 11.1. The molecule has 0 aliphatic carbocycles. The SMILES string of the molecule is CCCCN(CCCC)C(=O)c1cccc(N=Nc2c(C)c(C#N)c(=O)n(-c3ccc(-n4c(O)c(N=Nc5cccc(C(=O)N(CCCC)CCCC)c5)c(C)c(C#N)c4=O)cc3)c2O)c1. The Balaban J connectivity index is 1.50. The van der Waals surface area contributed by atoms with E-state index in [9.17, 15) is 39.9 Å². The van der Waals surface area contributed by atoms with E-state index in [0.29, 0.717) is 48.7 Å². The van der Waals surface area contributed by atoms with E-state index in [1.165, 1.54) is 38.1 Å². The average Bonchev–Trinajstić information content (AvgIpc) is 3.32. The molecule has 0 saturated carbocycles. The highest BCUT2D eigenvalue weighted by molar-refractivity contribution is 5.95. The maximum Gasteiger partial charge on any atom is 0.276 e. The van der Waals surface area contributed by atoms with Crippen LogP contribution >= 0.6 is 0 Å². The van der Waals surface area contributed by atoms with Crippen molar-refractivity contribution in [1.29, 1.82) is 10.5 Å². The zero-order valence-electron chi connectivity index (χ0n) is 38.4. The number of rotatable bonds is 20. The van der Waals surface area contributed by atoms with Gasteiger partial charge in [0.25, 0.3) is 22.9 Å². The lowest BCUT2D eigenvalue weighted by molar-refractivity contribution is 0.0743. The van der Waals surface area contributed by atoms with Gasteiger partial charge in [0.05, 0.1) is 22.7 Å². The smallest absolute Gasteiger partial charge is 0.276 e. The molecular formula is C50H56N10O6. The number of hydrogen-bond acceptors (Lipinski definition) is 12. The van der Waals surface area contributed by atoms with E-state index in [1.807, 2.05) is 21.9 Å². The number of nitriles is 2. The highest BCUT2D eigenvalue weighted by Gasteiger charge is 2.24. The van der Waals surface area contributed by atoms with Crippen LogP contribution in [-0.2, 0) is 0 Å². The lowest BCUT2D eigenvalue weighted by Gasteiger charge is -2.22. The molecule has 16 nitrogen and oxygen atoms in total. The maximum atomic E-state index is 13.7. The van der Waals surface area contributed by atoms with Gasteiger partial charge >= 0.3 is 0 Å². The first-order valence-corrected chi connectivity index (χ1v) is 22.4. The first kappa shape index (κ1) is 49.3. The van der Waals surface area contributed by atoms with Gasteiger partial charge in [0.2, 0.25) is 11.8 Å². The molecule has 342 valence electrons. The van der Waals surface area contributed by atoms with Gasteiger partial charge in [-0.15, -0.1) is 10.2 Å². The van der Waals surface area contributed by atoms with E-state index in [0.717, 1.165) is 60.5 Å². The molecule has 0 radical (unpaired) electrons. The quantitative estimate of drug-likeness (QED) is 0.0713. The Morgan fingerprint density at radius 1 is 0.561 bits per heavy atom. The van der Waals surface area contributed by atoms with Gasteiger partial charge in [-0.1, -0.05) is 65.5 Å². The summed E-state index contributed by atoms with van der Waals surface area (Å²) in [5.41, 5.74) is -0.901. The van der Waals surface area contributed by atoms with Crippen molar-refractivity contribution in [3.05, 3.63) is 127 Å². The van der Waals surface area contributed by atoms with Gasteiger partial charge in [-0.25, -0.2) is 9.13 Å². The number of pyridine rings is 2. The molecule has 5 rings (SSSR count). The summed E-state index contributed by atoms with van der Waals surface area (Å²) >= 11 is 0. The van der Waals surface area contributed by atoms with Crippen LogP contribution in [0.4, 0.5) is 22.7 Å². The summed E-state index contributed by atoms with van der Waals surface area (Å²) in [6, 6.07) is 22.5. The number of carbonyl (C=O) groups excluding carboxylic acids is 2. The van der Waals surface area contributed by atoms with Crippen molar-refractivity contribution in [1.82, 2.24) is 18.9 Å². The number of unbranched alkanes of at least 4 members (excludes halogenated alkanes) is 4. The predicted octanol–water partition coefficient (Wildman–Crippen LogP) is 10.7. The Labute approximate surface area is 384 Å². The predicted molar refractivity (Wildman–Crippen MR) is 253 cm³/mol. The summed E-state index contributed by atoms with van der Waals surface area (Å²) in [4.78, 5) is 58.0. The van der Waals surface area contributed by atoms with Gasteiger partial charge in [-0.3, -0.25) is 19.2 Å². The lowest BCUT2D eigenvalue weighted by Crippen LogP contribution is -2.32. The van der Waals surface area contributed by atoms with Crippen LogP contribution < -0.4 is 11.1 Å². The second kappa shape index (κ2) is 23.3. The van der Waals surface area contributed by atoms with E-state index < -0.39 is 22.9 Å². The Morgan fingerprint density at radius 2 is 0.894 bits per heavy atom. The highest BCUT2D eigenvalue weighted by atomic mass is 16.3. The van der Waals surface area contributed by atoms with Crippen LogP contribution in [0.25, 0.3) is 11.4 Å². The van der Waals surface area contributed by atoms with Crippen molar-refractivity contribution in [2.75, 3.05) is 26.2 Å². The second-order valence-corrected chi connectivity index (χ2v) is 15.9.